The number of unbranched alkanes of at least 4 members (excludes halogenated alkanes) is 28. The first kappa shape index (κ1) is 55.4. The van der Waals surface area contributed by atoms with Crippen LogP contribution >= 0.6 is 0 Å². The van der Waals surface area contributed by atoms with Gasteiger partial charge in [0, 0.05) is 19.3 Å². The first-order chi connectivity index (χ1) is 27.8. The van der Waals surface area contributed by atoms with Crippen LogP contribution in [0.1, 0.15) is 279 Å². The summed E-state index contributed by atoms with van der Waals surface area (Å²) < 4.78 is 16.7. The molecule has 0 saturated heterocycles. The molecule has 0 saturated carbocycles. The highest BCUT2D eigenvalue weighted by molar-refractivity contribution is 5.71. The number of hydrogen-bond acceptors (Lipinski definition) is 6. The molecule has 0 aromatic heterocycles. The van der Waals surface area contributed by atoms with E-state index in [0.29, 0.717) is 19.3 Å². The lowest BCUT2D eigenvalue weighted by Gasteiger charge is -2.18. The maximum absolute atomic E-state index is 12.7. The first-order valence-corrected chi connectivity index (χ1v) is 25.3. The molecule has 0 aliphatic carbocycles. The molecule has 0 heterocycles. The van der Waals surface area contributed by atoms with Crippen molar-refractivity contribution in [2.75, 3.05) is 13.2 Å². The largest absolute Gasteiger partial charge is 0.462 e. The van der Waals surface area contributed by atoms with Crippen LogP contribution in [0.3, 0.4) is 0 Å². The van der Waals surface area contributed by atoms with Crippen molar-refractivity contribution in [2.45, 2.75) is 285 Å². The molecule has 0 aliphatic heterocycles. The zero-order valence-corrected chi connectivity index (χ0v) is 39.0. The van der Waals surface area contributed by atoms with Crippen molar-refractivity contribution in [2.24, 2.45) is 11.8 Å². The van der Waals surface area contributed by atoms with Gasteiger partial charge in [-0.3, -0.25) is 14.4 Å². The Kier molecular flexibility index (Phi) is 42.7. The summed E-state index contributed by atoms with van der Waals surface area (Å²) in [6.07, 6.45) is 43.9. The molecular weight excluding hydrogens is 709 g/mol. The Bertz CT molecular complexity index is 874. The predicted octanol–water partition coefficient (Wildman–Crippen LogP) is 16.1. The van der Waals surface area contributed by atoms with E-state index >= 15 is 0 Å². The van der Waals surface area contributed by atoms with Gasteiger partial charge < -0.3 is 14.2 Å². The third-order valence-electron chi connectivity index (χ3n) is 12.2. The summed E-state index contributed by atoms with van der Waals surface area (Å²) in [6, 6.07) is 0. The van der Waals surface area contributed by atoms with Crippen LogP contribution < -0.4 is 0 Å². The van der Waals surface area contributed by atoms with E-state index in [-0.39, 0.29) is 31.1 Å². The third-order valence-corrected chi connectivity index (χ3v) is 12.2. The molecule has 3 atom stereocenters. The number of ether oxygens (including phenoxy) is 3. The summed E-state index contributed by atoms with van der Waals surface area (Å²) in [5, 5.41) is 0. The van der Waals surface area contributed by atoms with E-state index in [2.05, 4.69) is 34.6 Å². The molecule has 0 rings (SSSR count). The summed E-state index contributed by atoms with van der Waals surface area (Å²) in [6.45, 7) is 11.3. The SMILES string of the molecule is CCCCCCCCCC(=O)OC[C@@H](COC(=O)CCCCCCCCC(C)CC)OC(=O)CCCCCCCCCCCCCCCCCCCCC(C)CC. The molecule has 0 fully saturated rings. The number of carbonyl (C=O) groups excluding carboxylic acids is 3. The lowest BCUT2D eigenvalue weighted by molar-refractivity contribution is -0.167. The topological polar surface area (TPSA) is 78.9 Å². The summed E-state index contributed by atoms with van der Waals surface area (Å²) in [5.41, 5.74) is 0. The monoisotopic (exact) mass is 807 g/mol. The van der Waals surface area contributed by atoms with Crippen LogP contribution in [0.15, 0.2) is 0 Å². The molecule has 0 spiro atoms. The van der Waals surface area contributed by atoms with Crippen molar-refractivity contribution < 1.29 is 28.6 Å². The van der Waals surface area contributed by atoms with Gasteiger partial charge in [0.2, 0.25) is 0 Å². The normalized spacial score (nSPS) is 13.0. The Morgan fingerprint density at radius 2 is 0.614 bits per heavy atom. The Morgan fingerprint density at radius 1 is 0.351 bits per heavy atom. The second-order valence-electron chi connectivity index (χ2n) is 17.9. The Morgan fingerprint density at radius 3 is 0.912 bits per heavy atom. The number of rotatable bonds is 45. The third kappa shape index (κ3) is 42.3. The molecule has 0 amide bonds. The molecule has 0 radical (unpaired) electrons. The molecule has 0 bridgehead atoms. The van der Waals surface area contributed by atoms with Crippen LogP contribution in [0.5, 0.6) is 0 Å². The first-order valence-electron chi connectivity index (χ1n) is 25.3. The van der Waals surface area contributed by atoms with E-state index in [1.165, 1.54) is 167 Å². The Hall–Kier alpha value is -1.59. The standard InChI is InChI=1S/C51H98O6/c1-6-9-10-11-24-31-36-41-49(52)55-44-48(45-56-50(53)42-37-32-28-27-30-35-40-47(5)8-3)57-51(54)43-38-33-26-23-21-19-17-15-13-12-14-16-18-20-22-25-29-34-39-46(4)7-2/h46-48H,6-45H2,1-5H3/t46?,47?,48-/m0/s1. The maximum Gasteiger partial charge on any atom is 0.306 e. The van der Waals surface area contributed by atoms with E-state index < -0.39 is 6.10 Å². The average molecular weight is 807 g/mol. The lowest BCUT2D eigenvalue weighted by Crippen LogP contribution is -2.30. The number of carbonyl (C=O) groups is 3. The van der Waals surface area contributed by atoms with E-state index in [0.717, 1.165) is 69.6 Å². The van der Waals surface area contributed by atoms with Gasteiger partial charge in [0.15, 0.2) is 6.10 Å². The van der Waals surface area contributed by atoms with Gasteiger partial charge >= 0.3 is 17.9 Å². The van der Waals surface area contributed by atoms with E-state index in [4.69, 9.17) is 14.2 Å². The van der Waals surface area contributed by atoms with Gasteiger partial charge in [0.05, 0.1) is 0 Å². The number of hydrogen-bond donors (Lipinski definition) is 0. The highest BCUT2D eigenvalue weighted by Gasteiger charge is 2.19. The van der Waals surface area contributed by atoms with Crippen molar-refractivity contribution >= 4 is 17.9 Å². The van der Waals surface area contributed by atoms with Crippen LogP contribution in [0.2, 0.25) is 0 Å². The molecule has 338 valence electrons. The molecule has 0 aromatic rings. The fourth-order valence-corrected chi connectivity index (χ4v) is 7.57. The summed E-state index contributed by atoms with van der Waals surface area (Å²) in [7, 11) is 0. The fourth-order valence-electron chi connectivity index (χ4n) is 7.57. The zero-order valence-electron chi connectivity index (χ0n) is 39.0. The van der Waals surface area contributed by atoms with E-state index in [9.17, 15) is 14.4 Å². The van der Waals surface area contributed by atoms with Crippen molar-refractivity contribution in [1.29, 1.82) is 0 Å². The summed E-state index contributed by atoms with van der Waals surface area (Å²) >= 11 is 0. The van der Waals surface area contributed by atoms with Crippen LogP contribution in [0.25, 0.3) is 0 Å². The molecule has 2 unspecified atom stereocenters. The predicted molar refractivity (Wildman–Crippen MR) is 243 cm³/mol. The summed E-state index contributed by atoms with van der Waals surface area (Å²) in [4.78, 5) is 37.7. The van der Waals surface area contributed by atoms with Crippen LogP contribution in [-0.4, -0.2) is 37.2 Å². The Balaban J connectivity index is 4.13. The van der Waals surface area contributed by atoms with E-state index in [1.807, 2.05) is 0 Å². The minimum Gasteiger partial charge on any atom is -0.462 e. The van der Waals surface area contributed by atoms with Gasteiger partial charge in [-0.2, -0.15) is 0 Å². The summed E-state index contributed by atoms with van der Waals surface area (Å²) in [5.74, 6) is 0.863. The molecular formula is C51H98O6. The van der Waals surface area contributed by atoms with Gasteiger partial charge in [-0.05, 0) is 31.1 Å². The Labute approximate surface area is 355 Å². The van der Waals surface area contributed by atoms with Crippen LogP contribution in [0.4, 0.5) is 0 Å². The lowest BCUT2D eigenvalue weighted by atomic mass is 9.99. The molecule has 6 heteroatoms. The molecule has 0 N–H and O–H groups in total. The molecule has 0 aromatic carbocycles. The van der Waals surface area contributed by atoms with Gasteiger partial charge in [-0.15, -0.1) is 0 Å². The number of esters is 3. The average Bonchev–Trinajstić information content (AvgIpc) is 3.21. The van der Waals surface area contributed by atoms with Crippen molar-refractivity contribution in [3.05, 3.63) is 0 Å². The minimum atomic E-state index is -0.760. The van der Waals surface area contributed by atoms with Gasteiger partial charge in [-0.1, -0.05) is 240 Å². The highest BCUT2D eigenvalue weighted by atomic mass is 16.6. The maximum atomic E-state index is 12.7. The molecule has 0 aliphatic rings. The molecule has 57 heavy (non-hydrogen) atoms. The second-order valence-corrected chi connectivity index (χ2v) is 17.9. The van der Waals surface area contributed by atoms with Crippen LogP contribution in [0, 0.1) is 11.8 Å². The highest BCUT2D eigenvalue weighted by Crippen LogP contribution is 2.18. The van der Waals surface area contributed by atoms with Crippen molar-refractivity contribution in [3.8, 4) is 0 Å². The van der Waals surface area contributed by atoms with Gasteiger partial charge in [0.1, 0.15) is 13.2 Å². The van der Waals surface area contributed by atoms with E-state index in [1.54, 1.807) is 0 Å². The van der Waals surface area contributed by atoms with Gasteiger partial charge in [0.25, 0.3) is 0 Å². The fraction of sp³-hybridized carbons (Fsp3) is 0.941. The quantitative estimate of drug-likeness (QED) is 0.0346. The molecule has 6 nitrogen and oxygen atoms in total. The smallest absolute Gasteiger partial charge is 0.306 e. The van der Waals surface area contributed by atoms with Gasteiger partial charge in [-0.25, -0.2) is 0 Å². The van der Waals surface area contributed by atoms with Crippen LogP contribution in [-0.2, 0) is 28.6 Å². The van der Waals surface area contributed by atoms with Crippen molar-refractivity contribution in [3.63, 3.8) is 0 Å². The minimum absolute atomic E-state index is 0.0656. The zero-order chi connectivity index (χ0) is 41.9. The van der Waals surface area contributed by atoms with Crippen molar-refractivity contribution in [1.82, 2.24) is 0 Å². The second kappa shape index (κ2) is 44.0.